The molecule has 1 amide bonds. The third-order valence-corrected chi connectivity index (χ3v) is 3.79. The number of hydrogen-bond donors (Lipinski definition) is 1. The number of aliphatic carboxylic acids is 1. The lowest BCUT2D eigenvalue weighted by Crippen LogP contribution is -2.53. The largest absolute Gasteiger partial charge is 0.479 e. The average molecular weight is 280 g/mol. The standard InChI is InChI=1S/C14H17FN2O3/c1-2-6-14(13(19)20)7-4-9-17(14)12(18)10-5-3-8-16-11(10)15/h3,5,8H,2,4,6-7,9H2,1H3,(H,19,20). The minimum atomic E-state index is -1.21. The van der Waals surface area contributed by atoms with Gasteiger partial charge < -0.3 is 10.0 Å². The van der Waals surface area contributed by atoms with Gasteiger partial charge in [-0.05, 0) is 31.4 Å². The summed E-state index contributed by atoms with van der Waals surface area (Å²) in [6, 6.07) is 2.80. The molecule has 2 heterocycles. The van der Waals surface area contributed by atoms with Crippen LogP contribution in [0.2, 0.25) is 0 Å². The highest BCUT2D eigenvalue weighted by atomic mass is 19.1. The molecule has 0 saturated carbocycles. The van der Waals surface area contributed by atoms with Gasteiger partial charge in [0.2, 0.25) is 5.95 Å². The lowest BCUT2D eigenvalue weighted by molar-refractivity contribution is -0.148. The number of halogens is 1. The Morgan fingerprint density at radius 3 is 2.90 bits per heavy atom. The van der Waals surface area contributed by atoms with Crippen LogP contribution in [0.5, 0.6) is 0 Å². The number of carboxylic acids is 1. The molecule has 20 heavy (non-hydrogen) atoms. The summed E-state index contributed by atoms with van der Waals surface area (Å²) in [7, 11) is 0. The first-order chi connectivity index (χ1) is 9.53. The Balaban J connectivity index is 2.38. The maximum atomic E-state index is 13.6. The molecule has 1 aromatic heterocycles. The molecule has 1 atom stereocenters. The second kappa shape index (κ2) is 5.56. The Labute approximate surface area is 116 Å². The summed E-state index contributed by atoms with van der Waals surface area (Å²) in [5.41, 5.74) is -1.38. The molecule has 0 radical (unpaired) electrons. The number of carbonyl (C=O) groups is 2. The monoisotopic (exact) mass is 280 g/mol. The Bertz CT molecular complexity index is 535. The van der Waals surface area contributed by atoms with Crippen molar-refractivity contribution in [2.75, 3.05) is 6.54 Å². The first-order valence-corrected chi connectivity index (χ1v) is 6.69. The molecular formula is C14H17FN2O3. The zero-order valence-corrected chi connectivity index (χ0v) is 11.3. The van der Waals surface area contributed by atoms with E-state index in [9.17, 15) is 19.1 Å². The van der Waals surface area contributed by atoms with E-state index in [1.807, 2.05) is 6.92 Å². The van der Waals surface area contributed by atoms with E-state index in [2.05, 4.69) is 4.98 Å². The Kier molecular flexibility index (Phi) is 4.01. The van der Waals surface area contributed by atoms with Crippen LogP contribution in [0.15, 0.2) is 18.3 Å². The molecule has 1 unspecified atom stereocenters. The van der Waals surface area contributed by atoms with Gasteiger partial charge in [-0.25, -0.2) is 9.78 Å². The summed E-state index contributed by atoms with van der Waals surface area (Å²) in [4.78, 5) is 28.8. The number of carbonyl (C=O) groups excluding carboxylic acids is 1. The van der Waals surface area contributed by atoms with Crippen molar-refractivity contribution in [3.05, 3.63) is 29.8 Å². The smallest absolute Gasteiger partial charge is 0.329 e. The number of nitrogens with zero attached hydrogens (tertiary/aromatic N) is 2. The number of rotatable bonds is 4. The summed E-state index contributed by atoms with van der Waals surface area (Å²) < 4.78 is 13.6. The number of aromatic nitrogens is 1. The molecule has 0 bridgehead atoms. The molecule has 5 nitrogen and oxygen atoms in total. The highest BCUT2D eigenvalue weighted by Crippen LogP contribution is 2.35. The van der Waals surface area contributed by atoms with Gasteiger partial charge >= 0.3 is 5.97 Å². The van der Waals surface area contributed by atoms with E-state index in [0.717, 1.165) is 0 Å². The molecular weight excluding hydrogens is 263 g/mol. The van der Waals surface area contributed by atoms with Crippen LogP contribution < -0.4 is 0 Å². The molecule has 1 aliphatic heterocycles. The molecule has 2 rings (SSSR count). The summed E-state index contributed by atoms with van der Waals surface area (Å²) >= 11 is 0. The van der Waals surface area contributed by atoms with Crippen molar-refractivity contribution in [1.29, 1.82) is 0 Å². The van der Waals surface area contributed by atoms with Crippen LogP contribution in [-0.4, -0.2) is 39.0 Å². The highest BCUT2D eigenvalue weighted by Gasteiger charge is 2.49. The molecule has 1 aromatic rings. The van der Waals surface area contributed by atoms with Crippen LogP contribution in [-0.2, 0) is 4.79 Å². The summed E-state index contributed by atoms with van der Waals surface area (Å²) in [5.74, 6) is -2.47. The van der Waals surface area contributed by atoms with Gasteiger partial charge in [0.25, 0.3) is 5.91 Å². The lowest BCUT2D eigenvalue weighted by atomic mass is 9.90. The first kappa shape index (κ1) is 14.4. The SMILES string of the molecule is CCCC1(C(=O)O)CCCN1C(=O)c1cccnc1F. The fourth-order valence-corrected chi connectivity index (χ4v) is 2.87. The van der Waals surface area contributed by atoms with Crippen molar-refractivity contribution < 1.29 is 19.1 Å². The predicted octanol–water partition coefficient (Wildman–Crippen LogP) is 2.08. The topological polar surface area (TPSA) is 70.5 Å². The molecule has 0 aliphatic carbocycles. The van der Waals surface area contributed by atoms with Gasteiger partial charge in [-0.3, -0.25) is 4.79 Å². The maximum Gasteiger partial charge on any atom is 0.329 e. The molecule has 0 spiro atoms. The quantitative estimate of drug-likeness (QED) is 0.857. The van der Waals surface area contributed by atoms with Crippen molar-refractivity contribution in [2.45, 2.75) is 38.1 Å². The minimum Gasteiger partial charge on any atom is -0.479 e. The van der Waals surface area contributed by atoms with Crippen LogP contribution in [0.1, 0.15) is 43.0 Å². The van der Waals surface area contributed by atoms with Crippen LogP contribution in [0, 0.1) is 5.95 Å². The second-order valence-electron chi connectivity index (χ2n) is 4.99. The molecule has 1 aliphatic rings. The van der Waals surface area contributed by atoms with E-state index in [0.29, 0.717) is 32.2 Å². The van der Waals surface area contributed by atoms with Crippen molar-refractivity contribution in [3.63, 3.8) is 0 Å². The summed E-state index contributed by atoms with van der Waals surface area (Å²) in [6.07, 6.45) is 3.29. The van der Waals surface area contributed by atoms with Crippen LogP contribution in [0.4, 0.5) is 4.39 Å². The van der Waals surface area contributed by atoms with Crippen molar-refractivity contribution in [1.82, 2.24) is 9.88 Å². The van der Waals surface area contributed by atoms with Crippen molar-refractivity contribution >= 4 is 11.9 Å². The zero-order chi connectivity index (χ0) is 14.8. The number of hydrogen-bond acceptors (Lipinski definition) is 3. The maximum absolute atomic E-state index is 13.6. The van der Waals surface area contributed by atoms with E-state index in [1.54, 1.807) is 0 Å². The van der Waals surface area contributed by atoms with Gasteiger partial charge in [-0.2, -0.15) is 4.39 Å². The normalized spacial score (nSPS) is 22.0. The molecule has 0 aromatic carbocycles. The van der Waals surface area contributed by atoms with Gasteiger partial charge in [0.05, 0.1) is 5.56 Å². The van der Waals surface area contributed by atoms with Gasteiger partial charge in [-0.15, -0.1) is 0 Å². The average Bonchev–Trinajstić information content (AvgIpc) is 2.84. The van der Waals surface area contributed by atoms with E-state index in [1.165, 1.54) is 23.2 Å². The van der Waals surface area contributed by atoms with Crippen molar-refractivity contribution in [3.8, 4) is 0 Å². The Morgan fingerprint density at radius 1 is 1.55 bits per heavy atom. The molecule has 1 N–H and O–H groups in total. The van der Waals surface area contributed by atoms with Crippen molar-refractivity contribution in [2.24, 2.45) is 0 Å². The highest BCUT2D eigenvalue weighted by molar-refractivity contribution is 5.98. The zero-order valence-electron chi connectivity index (χ0n) is 11.3. The van der Waals surface area contributed by atoms with Crippen LogP contribution in [0.25, 0.3) is 0 Å². The molecule has 6 heteroatoms. The molecule has 1 fully saturated rings. The van der Waals surface area contributed by atoms with Gasteiger partial charge in [0.1, 0.15) is 5.54 Å². The first-order valence-electron chi connectivity index (χ1n) is 6.69. The van der Waals surface area contributed by atoms with E-state index in [-0.39, 0.29) is 5.56 Å². The predicted molar refractivity (Wildman–Crippen MR) is 69.7 cm³/mol. The van der Waals surface area contributed by atoms with Gasteiger partial charge in [0.15, 0.2) is 0 Å². The lowest BCUT2D eigenvalue weighted by Gasteiger charge is -2.34. The van der Waals surface area contributed by atoms with Crippen LogP contribution in [0.3, 0.4) is 0 Å². The van der Waals surface area contributed by atoms with E-state index in [4.69, 9.17) is 0 Å². The number of likely N-dealkylation sites (tertiary alicyclic amines) is 1. The van der Waals surface area contributed by atoms with Gasteiger partial charge in [-0.1, -0.05) is 13.3 Å². The Morgan fingerprint density at radius 2 is 2.30 bits per heavy atom. The van der Waals surface area contributed by atoms with E-state index < -0.39 is 23.4 Å². The third kappa shape index (κ3) is 2.26. The number of amides is 1. The fraction of sp³-hybridized carbons (Fsp3) is 0.500. The Hall–Kier alpha value is -1.98. The number of carboxylic acid groups (broad SMARTS) is 1. The van der Waals surface area contributed by atoms with E-state index >= 15 is 0 Å². The fourth-order valence-electron chi connectivity index (χ4n) is 2.87. The minimum absolute atomic E-state index is 0.170. The van der Waals surface area contributed by atoms with Gasteiger partial charge in [0, 0.05) is 12.7 Å². The van der Waals surface area contributed by atoms with Crippen LogP contribution >= 0.6 is 0 Å². The summed E-state index contributed by atoms with van der Waals surface area (Å²) in [6.45, 7) is 2.20. The third-order valence-electron chi connectivity index (χ3n) is 3.79. The molecule has 1 saturated heterocycles. The number of pyridine rings is 1. The second-order valence-corrected chi connectivity index (χ2v) is 4.99. The summed E-state index contributed by atoms with van der Waals surface area (Å²) in [5, 5.41) is 9.53. The molecule has 108 valence electrons.